The van der Waals surface area contributed by atoms with Gasteiger partial charge in [0.05, 0.1) is 25.4 Å². The number of nitrogens with one attached hydrogen (secondary N) is 1. The van der Waals surface area contributed by atoms with Crippen molar-refractivity contribution >= 4 is 11.9 Å². The summed E-state index contributed by atoms with van der Waals surface area (Å²) in [4.78, 5) is 24.6. The Morgan fingerprint density at radius 1 is 0.415 bits per heavy atom. The maximum Gasteiger partial charge on any atom is 0.305 e. The highest BCUT2D eigenvalue weighted by Crippen LogP contribution is 2.17. The Balaban J connectivity index is 3.48. The van der Waals surface area contributed by atoms with Crippen molar-refractivity contribution in [3.8, 4) is 0 Å². The number of allylic oxidation sites excluding steroid dienone is 1. The molecule has 0 spiro atoms. The molecule has 2 unspecified atom stereocenters. The monoisotopic (exact) mass is 918 g/mol. The fourth-order valence-corrected chi connectivity index (χ4v) is 9.28. The number of amides is 1. The Morgan fingerprint density at radius 3 is 1.05 bits per heavy atom. The number of esters is 1. The van der Waals surface area contributed by atoms with Gasteiger partial charge in [-0.3, -0.25) is 9.59 Å². The van der Waals surface area contributed by atoms with E-state index in [0.29, 0.717) is 19.4 Å². The Hall–Kier alpha value is -1.40. The Bertz CT molecular complexity index is 970. The molecule has 0 heterocycles. The normalized spacial score (nSPS) is 12.6. The van der Waals surface area contributed by atoms with Crippen molar-refractivity contribution in [2.75, 3.05) is 13.2 Å². The highest BCUT2D eigenvalue weighted by molar-refractivity contribution is 5.76. The number of rotatable bonds is 55. The number of unbranched alkanes of at least 4 members (excludes halogenated alkanes) is 44. The minimum Gasteiger partial charge on any atom is -0.466 e. The summed E-state index contributed by atoms with van der Waals surface area (Å²) in [6, 6.07) is -0.641. The molecule has 2 atom stereocenters. The molecule has 0 aliphatic rings. The average molecular weight is 919 g/mol. The molecule has 0 saturated heterocycles. The smallest absolute Gasteiger partial charge is 0.305 e. The van der Waals surface area contributed by atoms with Crippen LogP contribution in [0.5, 0.6) is 0 Å². The molecule has 0 radical (unpaired) electrons. The summed E-state index contributed by atoms with van der Waals surface area (Å²) in [7, 11) is 0. The van der Waals surface area contributed by atoms with Crippen LogP contribution in [-0.4, -0.2) is 47.4 Å². The topological polar surface area (TPSA) is 95.9 Å². The van der Waals surface area contributed by atoms with Crippen molar-refractivity contribution in [1.29, 1.82) is 0 Å². The van der Waals surface area contributed by atoms with E-state index in [4.69, 9.17) is 4.74 Å². The lowest BCUT2D eigenvalue weighted by molar-refractivity contribution is -0.143. The number of hydrogen-bond donors (Lipinski definition) is 3. The van der Waals surface area contributed by atoms with E-state index >= 15 is 0 Å². The minimum atomic E-state index is -0.856. The average Bonchev–Trinajstić information content (AvgIpc) is 3.31. The molecule has 0 aliphatic heterocycles. The zero-order valence-corrected chi connectivity index (χ0v) is 44.0. The van der Waals surface area contributed by atoms with Gasteiger partial charge >= 0.3 is 5.97 Å². The standard InChI is InChI=1S/C59H115NO5/c1-3-5-7-9-11-13-15-17-19-21-22-23-24-25-26-28-31-35-39-43-47-51-57(62)56(55-61)60-58(63)52-48-44-40-36-32-30-34-38-42-46-50-54-65-59(64)53-49-45-41-37-33-29-27-20-18-16-14-12-10-8-6-4-2/h47,51,56-57,61-62H,3-46,48-50,52-55H2,1-2H3,(H,60,63)/b51-47+. The zero-order valence-electron chi connectivity index (χ0n) is 44.0. The van der Waals surface area contributed by atoms with Gasteiger partial charge in [0.1, 0.15) is 0 Å². The van der Waals surface area contributed by atoms with Crippen LogP contribution in [0.15, 0.2) is 12.2 Å². The molecule has 65 heavy (non-hydrogen) atoms. The molecule has 386 valence electrons. The largest absolute Gasteiger partial charge is 0.466 e. The van der Waals surface area contributed by atoms with Crippen LogP contribution in [-0.2, 0) is 14.3 Å². The van der Waals surface area contributed by atoms with Crippen molar-refractivity contribution in [2.45, 2.75) is 341 Å². The van der Waals surface area contributed by atoms with Gasteiger partial charge in [0.25, 0.3) is 0 Å². The van der Waals surface area contributed by atoms with Crippen molar-refractivity contribution in [2.24, 2.45) is 0 Å². The first-order valence-electron chi connectivity index (χ1n) is 29.5. The van der Waals surface area contributed by atoms with Gasteiger partial charge in [-0.05, 0) is 32.1 Å². The van der Waals surface area contributed by atoms with Crippen molar-refractivity contribution in [3.63, 3.8) is 0 Å². The minimum absolute atomic E-state index is 0.0110. The second kappa shape index (κ2) is 55.2. The van der Waals surface area contributed by atoms with E-state index in [-0.39, 0.29) is 18.5 Å². The van der Waals surface area contributed by atoms with Crippen LogP contribution in [0.1, 0.15) is 328 Å². The van der Waals surface area contributed by atoms with Crippen molar-refractivity contribution in [1.82, 2.24) is 5.32 Å². The number of aliphatic hydroxyl groups is 2. The summed E-state index contributed by atoms with van der Waals surface area (Å²) in [6.45, 7) is 4.89. The van der Waals surface area contributed by atoms with Crippen molar-refractivity contribution in [3.05, 3.63) is 12.2 Å². The molecular formula is C59H115NO5. The maximum absolute atomic E-state index is 12.5. The van der Waals surface area contributed by atoms with E-state index in [1.54, 1.807) is 6.08 Å². The predicted octanol–water partition coefficient (Wildman–Crippen LogP) is 18.1. The maximum atomic E-state index is 12.5. The van der Waals surface area contributed by atoms with Crippen LogP contribution in [0.4, 0.5) is 0 Å². The molecule has 0 bridgehead atoms. The highest BCUT2D eigenvalue weighted by Gasteiger charge is 2.18. The van der Waals surface area contributed by atoms with Gasteiger partial charge in [-0.25, -0.2) is 0 Å². The summed E-state index contributed by atoms with van der Waals surface area (Å²) < 4.78 is 5.47. The molecule has 0 aliphatic carbocycles. The van der Waals surface area contributed by atoms with Crippen LogP contribution >= 0.6 is 0 Å². The fraction of sp³-hybridized carbons (Fsp3) is 0.932. The summed E-state index contributed by atoms with van der Waals surface area (Å²) in [5.74, 6) is -0.0939. The zero-order chi connectivity index (χ0) is 47.2. The van der Waals surface area contributed by atoms with E-state index in [1.165, 1.54) is 244 Å². The molecule has 0 rings (SSSR count). The fourth-order valence-electron chi connectivity index (χ4n) is 9.28. The number of aliphatic hydroxyl groups excluding tert-OH is 2. The second-order valence-corrected chi connectivity index (χ2v) is 20.3. The molecule has 1 amide bonds. The highest BCUT2D eigenvalue weighted by atomic mass is 16.5. The summed E-state index contributed by atoms with van der Waals surface area (Å²) in [5, 5.41) is 23.2. The number of ether oxygens (including phenoxy) is 1. The lowest BCUT2D eigenvalue weighted by Gasteiger charge is -2.20. The van der Waals surface area contributed by atoms with Crippen LogP contribution < -0.4 is 5.32 Å². The molecule has 0 saturated carbocycles. The quantitative estimate of drug-likeness (QED) is 0.0321. The Kier molecular flexibility index (Phi) is 54.0. The van der Waals surface area contributed by atoms with Crippen LogP contribution in [0.3, 0.4) is 0 Å². The molecular weight excluding hydrogens is 803 g/mol. The molecule has 6 nitrogen and oxygen atoms in total. The van der Waals surface area contributed by atoms with E-state index in [0.717, 1.165) is 57.8 Å². The lowest BCUT2D eigenvalue weighted by Crippen LogP contribution is -2.45. The first-order chi connectivity index (χ1) is 32.0. The summed E-state index contributed by atoms with van der Waals surface area (Å²) in [5.41, 5.74) is 0. The van der Waals surface area contributed by atoms with Gasteiger partial charge in [0.15, 0.2) is 0 Å². The molecule has 6 heteroatoms. The van der Waals surface area contributed by atoms with Crippen LogP contribution in [0.25, 0.3) is 0 Å². The van der Waals surface area contributed by atoms with Crippen LogP contribution in [0, 0.1) is 0 Å². The van der Waals surface area contributed by atoms with Crippen molar-refractivity contribution < 1.29 is 24.5 Å². The summed E-state index contributed by atoms with van der Waals surface area (Å²) in [6.07, 6.45) is 65.2. The van der Waals surface area contributed by atoms with E-state index in [2.05, 4.69) is 19.2 Å². The molecule has 0 aromatic heterocycles. The third-order valence-electron chi connectivity index (χ3n) is 13.8. The predicted molar refractivity (Wildman–Crippen MR) is 283 cm³/mol. The van der Waals surface area contributed by atoms with Gasteiger partial charge in [-0.2, -0.15) is 0 Å². The SMILES string of the molecule is CCCCCCCCCCCCCCCCCCCCC/C=C/C(O)C(CO)NC(=O)CCCCCCCCCCCCCOC(=O)CCCCCCCCCCCCCCCCCC. The van der Waals surface area contributed by atoms with Gasteiger partial charge in [-0.1, -0.05) is 296 Å². The second-order valence-electron chi connectivity index (χ2n) is 20.3. The number of carbonyl (C=O) groups excluding carboxylic acids is 2. The number of hydrogen-bond acceptors (Lipinski definition) is 5. The van der Waals surface area contributed by atoms with Gasteiger partial charge in [-0.15, -0.1) is 0 Å². The molecule has 3 N–H and O–H groups in total. The lowest BCUT2D eigenvalue weighted by atomic mass is 10.0. The van der Waals surface area contributed by atoms with Gasteiger partial charge in [0.2, 0.25) is 5.91 Å². The Morgan fingerprint density at radius 2 is 0.708 bits per heavy atom. The van der Waals surface area contributed by atoms with E-state index in [9.17, 15) is 19.8 Å². The first-order valence-corrected chi connectivity index (χ1v) is 29.5. The summed E-state index contributed by atoms with van der Waals surface area (Å²) >= 11 is 0. The van der Waals surface area contributed by atoms with Crippen LogP contribution in [0.2, 0.25) is 0 Å². The van der Waals surface area contributed by atoms with E-state index < -0.39 is 12.1 Å². The Labute approximate surface area is 406 Å². The van der Waals surface area contributed by atoms with E-state index in [1.807, 2.05) is 6.08 Å². The third-order valence-corrected chi connectivity index (χ3v) is 13.8. The first kappa shape index (κ1) is 63.6. The molecule has 0 fully saturated rings. The third kappa shape index (κ3) is 51.8. The van der Waals surface area contributed by atoms with Gasteiger partial charge < -0.3 is 20.3 Å². The molecule has 0 aromatic carbocycles. The number of carbonyl (C=O) groups is 2. The van der Waals surface area contributed by atoms with Gasteiger partial charge in [0, 0.05) is 12.8 Å². The molecule has 0 aromatic rings.